The van der Waals surface area contributed by atoms with Gasteiger partial charge in [-0.15, -0.1) is 0 Å². The Morgan fingerprint density at radius 1 is 1.59 bits per heavy atom. The maximum atomic E-state index is 11.2. The number of thioether (sulfide) groups is 1. The molecular weight excluding hydrogens is 230 g/mol. The van der Waals surface area contributed by atoms with Crippen LogP contribution in [0, 0.1) is 5.92 Å². The average Bonchev–Trinajstić information content (AvgIpc) is 2.29. The Morgan fingerprint density at radius 3 is 2.76 bits per heavy atom. The molecule has 0 saturated carbocycles. The number of allylic oxidation sites excluding steroid dienone is 2. The highest BCUT2D eigenvalue weighted by atomic mass is 32.2. The maximum Gasteiger partial charge on any atom is 0.220 e. The summed E-state index contributed by atoms with van der Waals surface area (Å²) >= 11 is 1.95. The number of rotatable bonds is 5. The fraction of sp³-hybridized carbons (Fsp3) is 0.786. The monoisotopic (exact) mass is 255 g/mol. The van der Waals surface area contributed by atoms with Crippen molar-refractivity contribution in [1.82, 2.24) is 5.32 Å². The molecule has 0 aliphatic heterocycles. The molecule has 1 aliphatic carbocycles. The fourth-order valence-electron chi connectivity index (χ4n) is 2.13. The summed E-state index contributed by atoms with van der Waals surface area (Å²) < 4.78 is 0.340. The van der Waals surface area contributed by atoms with Crippen LogP contribution in [0.4, 0.5) is 0 Å². The zero-order valence-corrected chi connectivity index (χ0v) is 12.3. The van der Waals surface area contributed by atoms with E-state index in [0.717, 1.165) is 12.2 Å². The highest BCUT2D eigenvalue weighted by molar-refractivity contribution is 8.00. The number of hydrogen-bond donors (Lipinski definition) is 1. The maximum absolute atomic E-state index is 11.2. The third kappa shape index (κ3) is 4.74. The van der Waals surface area contributed by atoms with Crippen molar-refractivity contribution in [3.05, 3.63) is 11.6 Å². The second kappa shape index (κ2) is 6.48. The molecule has 1 rings (SSSR count). The second-order valence-corrected chi connectivity index (χ2v) is 7.04. The van der Waals surface area contributed by atoms with Gasteiger partial charge in [0.1, 0.15) is 0 Å². The Bertz CT molecular complexity index is 299. The van der Waals surface area contributed by atoms with E-state index in [1.54, 1.807) is 12.6 Å². The first-order valence-electron chi connectivity index (χ1n) is 6.50. The molecule has 0 saturated heterocycles. The highest BCUT2D eigenvalue weighted by Crippen LogP contribution is 2.40. The Labute approximate surface area is 110 Å². The fourth-order valence-corrected chi connectivity index (χ4v) is 3.36. The van der Waals surface area contributed by atoms with Gasteiger partial charge in [-0.25, -0.2) is 0 Å². The SMILES string of the molecule is CNC(=O)CCSC1(C)CC=C(C(C)C)CC1. The van der Waals surface area contributed by atoms with Gasteiger partial charge < -0.3 is 5.32 Å². The summed E-state index contributed by atoms with van der Waals surface area (Å²) in [7, 11) is 1.70. The van der Waals surface area contributed by atoms with Crippen LogP contribution in [0.2, 0.25) is 0 Å². The second-order valence-electron chi connectivity index (χ2n) is 5.36. The minimum Gasteiger partial charge on any atom is -0.359 e. The van der Waals surface area contributed by atoms with Crippen LogP contribution in [0.15, 0.2) is 11.6 Å². The number of nitrogens with one attached hydrogen (secondary N) is 1. The molecule has 3 heteroatoms. The van der Waals surface area contributed by atoms with Crippen LogP contribution in [0.25, 0.3) is 0 Å². The molecule has 1 N–H and O–H groups in total. The van der Waals surface area contributed by atoms with Crippen LogP contribution < -0.4 is 5.32 Å². The Balaban J connectivity index is 2.37. The zero-order valence-electron chi connectivity index (χ0n) is 11.5. The molecule has 1 atom stereocenters. The number of carbonyl (C=O) groups excluding carboxylic acids is 1. The van der Waals surface area contributed by atoms with Crippen molar-refractivity contribution >= 4 is 17.7 Å². The van der Waals surface area contributed by atoms with E-state index < -0.39 is 0 Å². The van der Waals surface area contributed by atoms with Gasteiger partial charge >= 0.3 is 0 Å². The van der Waals surface area contributed by atoms with E-state index in [2.05, 4.69) is 32.2 Å². The van der Waals surface area contributed by atoms with E-state index >= 15 is 0 Å². The van der Waals surface area contributed by atoms with E-state index in [4.69, 9.17) is 0 Å². The van der Waals surface area contributed by atoms with E-state index in [9.17, 15) is 4.79 Å². The molecule has 2 nitrogen and oxygen atoms in total. The number of hydrogen-bond acceptors (Lipinski definition) is 2. The minimum atomic E-state index is 0.148. The Morgan fingerprint density at radius 2 is 2.29 bits per heavy atom. The summed E-state index contributed by atoms with van der Waals surface area (Å²) in [5.74, 6) is 1.77. The topological polar surface area (TPSA) is 29.1 Å². The minimum absolute atomic E-state index is 0.148. The van der Waals surface area contributed by atoms with Gasteiger partial charge in [0.25, 0.3) is 0 Å². The standard InChI is InChI=1S/C14H25NOS/c1-11(2)12-5-8-14(3,9-6-12)17-10-7-13(16)15-4/h5,11H,6-10H2,1-4H3,(H,15,16). The summed E-state index contributed by atoms with van der Waals surface area (Å²) in [4.78, 5) is 11.2. The molecule has 1 amide bonds. The molecule has 1 unspecified atom stereocenters. The van der Waals surface area contributed by atoms with Crippen LogP contribution in [0.5, 0.6) is 0 Å². The van der Waals surface area contributed by atoms with Crippen LogP contribution in [0.1, 0.15) is 46.5 Å². The quantitative estimate of drug-likeness (QED) is 0.763. The average molecular weight is 255 g/mol. The zero-order chi connectivity index (χ0) is 12.9. The van der Waals surface area contributed by atoms with Gasteiger partial charge in [0.05, 0.1) is 0 Å². The third-order valence-corrected chi connectivity index (χ3v) is 5.01. The van der Waals surface area contributed by atoms with Crippen LogP contribution in [-0.2, 0) is 4.79 Å². The molecule has 17 heavy (non-hydrogen) atoms. The molecule has 0 spiro atoms. The molecule has 0 fully saturated rings. The highest BCUT2D eigenvalue weighted by Gasteiger charge is 2.27. The lowest BCUT2D eigenvalue weighted by atomic mass is 9.85. The van der Waals surface area contributed by atoms with E-state index in [-0.39, 0.29) is 5.91 Å². The molecule has 0 radical (unpaired) electrons. The lowest BCUT2D eigenvalue weighted by Gasteiger charge is -2.33. The molecule has 0 aromatic rings. The lowest BCUT2D eigenvalue weighted by molar-refractivity contribution is -0.120. The van der Waals surface area contributed by atoms with Crippen LogP contribution in [-0.4, -0.2) is 23.5 Å². The number of amides is 1. The van der Waals surface area contributed by atoms with E-state index in [0.29, 0.717) is 17.1 Å². The summed E-state index contributed by atoms with van der Waals surface area (Å²) in [6, 6.07) is 0. The molecule has 0 aromatic heterocycles. The Hall–Kier alpha value is -0.440. The molecule has 0 heterocycles. The van der Waals surface area contributed by atoms with Gasteiger partial charge in [0, 0.05) is 24.0 Å². The lowest BCUT2D eigenvalue weighted by Crippen LogP contribution is -2.25. The van der Waals surface area contributed by atoms with Crippen LogP contribution in [0.3, 0.4) is 0 Å². The first-order chi connectivity index (χ1) is 7.97. The van der Waals surface area contributed by atoms with Crippen molar-refractivity contribution in [2.24, 2.45) is 5.92 Å². The van der Waals surface area contributed by atoms with Crippen molar-refractivity contribution in [3.63, 3.8) is 0 Å². The van der Waals surface area contributed by atoms with Gasteiger partial charge in [-0.05, 0) is 25.2 Å². The predicted octanol–water partition coefficient (Wildman–Crippen LogP) is 3.38. The summed E-state index contributed by atoms with van der Waals surface area (Å²) in [5.41, 5.74) is 1.61. The van der Waals surface area contributed by atoms with Gasteiger partial charge in [0.15, 0.2) is 0 Å². The molecule has 0 aromatic carbocycles. The third-order valence-electron chi connectivity index (χ3n) is 3.54. The van der Waals surface area contributed by atoms with Crippen molar-refractivity contribution < 1.29 is 4.79 Å². The predicted molar refractivity (Wildman–Crippen MR) is 76.3 cm³/mol. The largest absolute Gasteiger partial charge is 0.359 e. The molecule has 1 aliphatic rings. The van der Waals surface area contributed by atoms with E-state index in [1.807, 2.05) is 11.8 Å². The summed E-state index contributed by atoms with van der Waals surface area (Å²) in [6.07, 6.45) is 6.67. The van der Waals surface area contributed by atoms with Crippen molar-refractivity contribution in [2.75, 3.05) is 12.8 Å². The van der Waals surface area contributed by atoms with Crippen molar-refractivity contribution in [2.45, 2.75) is 51.2 Å². The van der Waals surface area contributed by atoms with Gasteiger partial charge in [-0.2, -0.15) is 11.8 Å². The van der Waals surface area contributed by atoms with Crippen LogP contribution >= 0.6 is 11.8 Å². The van der Waals surface area contributed by atoms with Crippen molar-refractivity contribution in [3.8, 4) is 0 Å². The normalized spacial score (nSPS) is 24.6. The molecule has 98 valence electrons. The van der Waals surface area contributed by atoms with Gasteiger partial charge in [0.2, 0.25) is 5.91 Å². The molecular formula is C14H25NOS. The number of carbonyl (C=O) groups is 1. The van der Waals surface area contributed by atoms with Crippen molar-refractivity contribution in [1.29, 1.82) is 0 Å². The summed E-state index contributed by atoms with van der Waals surface area (Å²) in [5, 5.41) is 2.67. The van der Waals surface area contributed by atoms with Gasteiger partial charge in [-0.3, -0.25) is 4.79 Å². The summed E-state index contributed by atoms with van der Waals surface area (Å²) in [6.45, 7) is 6.87. The molecule has 0 bridgehead atoms. The Kier molecular flexibility index (Phi) is 5.57. The first kappa shape index (κ1) is 14.6. The smallest absolute Gasteiger partial charge is 0.220 e. The van der Waals surface area contributed by atoms with Gasteiger partial charge in [-0.1, -0.05) is 32.4 Å². The first-order valence-corrected chi connectivity index (χ1v) is 7.49. The van der Waals surface area contributed by atoms with E-state index in [1.165, 1.54) is 12.8 Å².